The number of sulfone groups is 1. The van der Waals surface area contributed by atoms with Crippen LogP contribution >= 0.6 is 0 Å². The van der Waals surface area contributed by atoms with Crippen LogP contribution in [0.2, 0.25) is 0 Å². The largest absolute Gasteiger partial charge is 0.481 e. The number of aliphatic carboxylic acids is 1. The zero-order valence-electron chi connectivity index (χ0n) is 9.56. The van der Waals surface area contributed by atoms with Gasteiger partial charge in [0.2, 0.25) is 0 Å². The van der Waals surface area contributed by atoms with Gasteiger partial charge in [-0.3, -0.25) is 4.79 Å². The molecule has 1 aromatic carbocycles. The van der Waals surface area contributed by atoms with Crippen LogP contribution in [-0.2, 0) is 20.4 Å². The Morgan fingerprint density at radius 3 is 2.56 bits per heavy atom. The van der Waals surface area contributed by atoms with E-state index in [4.69, 9.17) is 5.11 Å². The van der Waals surface area contributed by atoms with E-state index < -0.39 is 44.9 Å². The third kappa shape index (κ3) is 3.76. The van der Waals surface area contributed by atoms with Crippen molar-refractivity contribution >= 4 is 15.8 Å². The number of carboxylic acid groups (broad SMARTS) is 1. The van der Waals surface area contributed by atoms with Gasteiger partial charge in [-0.2, -0.15) is 0 Å². The zero-order valence-corrected chi connectivity index (χ0v) is 10.4. The second-order valence-corrected chi connectivity index (χ2v) is 6.12. The van der Waals surface area contributed by atoms with Crippen molar-refractivity contribution in [2.24, 2.45) is 5.92 Å². The molecule has 0 amide bonds. The van der Waals surface area contributed by atoms with Gasteiger partial charge in [0.05, 0.1) is 17.4 Å². The predicted molar refractivity (Wildman–Crippen MR) is 60.6 cm³/mol. The molecule has 7 heteroatoms. The summed E-state index contributed by atoms with van der Waals surface area (Å²) in [7, 11) is -3.81. The summed E-state index contributed by atoms with van der Waals surface area (Å²) < 4.78 is 49.4. The standard InChI is InChI=1S/C11H12F2O4S/c1-7(11(14)15)5-18(16,17)6-8-3-2-4-9(12)10(8)13/h2-4,7H,5-6H2,1H3,(H,14,15). The van der Waals surface area contributed by atoms with Crippen LogP contribution in [0.15, 0.2) is 18.2 Å². The highest BCUT2D eigenvalue weighted by Gasteiger charge is 2.23. The minimum Gasteiger partial charge on any atom is -0.481 e. The lowest BCUT2D eigenvalue weighted by atomic mass is 10.2. The minimum absolute atomic E-state index is 0.299. The molecule has 1 rings (SSSR count). The molecule has 1 atom stereocenters. The molecule has 0 aliphatic carbocycles. The van der Waals surface area contributed by atoms with E-state index in [9.17, 15) is 22.0 Å². The van der Waals surface area contributed by atoms with E-state index in [2.05, 4.69) is 0 Å². The number of hydrogen-bond donors (Lipinski definition) is 1. The second kappa shape index (κ2) is 5.43. The lowest BCUT2D eigenvalue weighted by Crippen LogP contribution is -2.22. The molecule has 0 heterocycles. The van der Waals surface area contributed by atoms with Crippen LogP contribution in [0, 0.1) is 17.6 Å². The summed E-state index contributed by atoms with van der Waals surface area (Å²) in [6.45, 7) is 1.24. The molecule has 0 spiro atoms. The lowest BCUT2D eigenvalue weighted by molar-refractivity contribution is -0.140. The number of halogens is 2. The fourth-order valence-corrected chi connectivity index (χ4v) is 3.13. The average Bonchev–Trinajstić information content (AvgIpc) is 2.23. The number of carboxylic acids is 1. The highest BCUT2D eigenvalue weighted by atomic mass is 32.2. The summed E-state index contributed by atoms with van der Waals surface area (Å²) in [5, 5.41) is 8.61. The van der Waals surface area contributed by atoms with E-state index in [0.717, 1.165) is 12.1 Å². The Morgan fingerprint density at radius 1 is 1.39 bits per heavy atom. The number of rotatable bonds is 5. The van der Waals surface area contributed by atoms with E-state index in [1.807, 2.05) is 0 Å². The van der Waals surface area contributed by atoms with Gasteiger partial charge in [0.1, 0.15) is 0 Å². The van der Waals surface area contributed by atoms with Crippen molar-refractivity contribution in [2.45, 2.75) is 12.7 Å². The van der Waals surface area contributed by atoms with Crippen molar-refractivity contribution in [1.29, 1.82) is 0 Å². The van der Waals surface area contributed by atoms with Crippen molar-refractivity contribution in [2.75, 3.05) is 5.75 Å². The van der Waals surface area contributed by atoms with Crippen molar-refractivity contribution in [1.82, 2.24) is 0 Å². The molecule has 0 aromatic heterocycles. The Hall–Kier alpha value is -1.50. The first kappa shape index (κ1) is 14.6. The molecular formula is C11H12F2O4S. The van der Waals surface area contributed by atoms with Gasteiger partial charge in [-0.15, -0.1) is 0 Å². The molecule has 100 valence electrons. The third-order valence-corrected chi connectivity index (χ3v) is 4.09. The van der Waals surface area contributed by atoms with Crippen molar-refractivity contribution in [3.8, 4) is 0 Å². The molecule has 0 fully saturated rings. The maximum Gasteiger partial charge on any atom is 0.307 e. The summed E-state index contributed by atoms with van der Waals surface area (Å²) >= 11 is 0. The number of hydrogen-bond acceptors (Lipinski definition) is 3. The maximum absolute atomic E-state index is 13.3. The number of benzene rings is 1. The van der Waals surface area contributed by atoms with Gasteiger partial charge in [-0.05, 0) is 6.07 Å². The summed E-state index contributed by atoms with van der Waals surface area (Å²) in [5.41, 5.74) is -0.299. The fraction of sp³-hybridized carbons (Fsp3) is 0.364. The summed E-state index contributed by atoms with van der Waals surface area (Å²) in [5.74, 6) is -6.02. The Morgan fingerprint density at radius 2 is 2.00 bits per heavy atom. The van der Waals surface area contributed by atoms with E-state index in [-0.39, 0.29) is 5.56 Å². The van der Waals surface area contributed by atoms with E-state index in [0.29, 0.717) is 0 Å². The van der Waals surface area contributed by atoms with Gasteiger partial charge < -0.3 is 5.11 Å². The van der Waals surface area contributed by atoms with Crippen LogP contribution in [0.4, 0.5) is 8.78 Å². The topological polar surface area (TPSA) is 71.4 Å². The second-order valence-electron chi connectivity index (χ2n) is 4.01. The van der Waals surface area contributed by atoms with E-state index in [1.54, 1.807) is 0 Å². The van der Waals surface area contributed by atoms with Gasteiger partial charge in [-0.1, -0.05) is 19.1 Å². The van der Waals surface area contributed by atoms with Gasteiger partial charge in [0, 0.05) is 5.56 Å². The monoisotopic (exact) mass is 278 g/mol. The average molecular weight is 278 g/mol. The van der Waals surface area contributed by atoms with E-state index >= 15 is 0 Å². The molecule has 1 aromatic rings. The van der Waals surface area contributed by atoms with Crippen LogP contribution in [-0.4, -0.2) is 25.2 Å². The van der Waals surface area contributed by atoms with Gasteiger partial charge >= 0.3 is 5.97 Å². The van der Waals surface area contributed by atoms with Crippen LogP contribution < -0.4 is 0 Å². The van der Waals surface area contributed by atoms with Crippen molar-refractivity contribution in [3.63, 3.8) is 0 Å². The Kier molecular flexibility index (Phi) is 4.39. The first-order valence-corrected chi connectivity index (χ1v) is 6.91. The van der Waals surface area contributed by atoms with Crippen molar-refractivity contribution in [3.05, 3.63) is 35.4 Å². The third-order valence-electron chi connectivity index (χ3n) is 2.33. The first-order valence-electron chi connectivity index (χ1n) is 5.09. The fourth-order valence-electron chi connectivity index (χ4n) is 1.41. The molecule has 0 saturated heterocycles. The zero-order chi connectivity index (χ0) is 13.9. The van der Waals surface area contributed by atoms with Crippen LogP contribution in [0.3, 0.4) is 0 Å². The maximum atomic E-state index is 13.3. The quantitative estimate of drug-likeness (QED) is 0.888. The molecule has 0 saturated carbocycles. The lowest BCUT2D eigenvalue weighted by Gasteiger charge is -2.08. The molecule has 0 bridgehead atoms. The molecular weight excluding hydrogens is 266 g/mol. The highest BCUT2D eigenvalue weighted by molar-refractivity contribution is 7.90. The summed E-state index contributed by atoms with van der Waals surface area (Å²) in [4.78, 5) is 10.6. The Labute approximate surface area is 103 Å². The van der Waals surface area contributed by atoms with Crippen molar-refractivity contribution < 1.29 is 27.1 Å². The molecule has 0 radical (unpaired) electrons. The Balaban J connectivity index is 2.90. The predicted octanol–water partition coefficient (Wildman–Crippen LogP) is 1.60. The molecule has 18 heavy (non-hydrogen) atoms. The normalized spacial score (nSPS) is 13.3. The van der Waals surface area contributed by atoms with Gasteiger partial charge in [0.15, 0.2) is 21.5 Å². The van der Waals surface area contributed by atoms with Gasteiger partial charge in [-0.25, -0.2) is 17.2 Å². The highest BCUT2D eigenvalue weighted by Crippen LogP contribution is 2.16. The smallest absolute Gasteiger partial charge is 0.307 e. The molecule has 0 aliphatic heterocycles. The Bertz CT molecular complexity index is 554. The van der Waals surface area contributed by atoms with Crippen LogP contribution in [0.25, 0.3) is 0 Å². The van der Waals surface area contributed by atoms with Gasteiger partial charge in [0.25, 0.3) is 0 Å². The SMILES string of the molecule is CC(CS(=O)(=O)Cc1cccc(F)c1F)C(=O)O. The molecule has 1 N–H and O–H groups in total. The van der Waals surface area contributed by atoms with Crippen LogP contribution in [0.5, 0.6) is 0 Å². The molecule has 4 nitrogen and oxygen atoms in total. The molecule has 0 aliphatic rings. The first-order chi connectivity index (χ1) is 8.23. The summed E-state index contributed by atoms with van der Waals surface area (Å²) in [6.07, 6.45) is 0. The van der Waals surface area contributed by atoms with E-state index in [1.165, 1.54) is 13.0 Å². The summed E-state index contributed by atoms with van der Waals surface area (Å²) in [6, 6.07) is 3.23. The number of carbonyl (C=O) groups is 1. The minimum atomic E-state index is -3.81. The van der Waals surface area contributed by atoms with Crippen LogP contribution in [0.1, 0.15) is 12.5 Å². The molecule has 1 unspecified atom stereocenters.